The summed E-state index contributed by atoms with van der Waals surface area (Å²) in [6.07, 6.45) is 7.05. The number of carbonyl (C=O) groups is 5. The minimum Gasteiger partial charge on any atom is -0.444 e. The van der Waals surface area contributed by atoms with Crippen LogP contribution in [0.1, 0.15) is 83.3 Å². The molecule has 1 aromatic carbocycles. The summed E-state index contributed by atoms with van der Waals surface area (Å²) in [6, 6.07) is 5.24. The first-order valence-electron chi connectivity index (χ1n) is 14.9. The molecule has 0 bridgehead atoms. The second-order valence-corrected chi connectivity index (χ2v) is 12.8. The van der Waals surface area contributed by atoms with Gasteiger partial charge in [-0.2, -0.15) is 0 Å². The van der Waals surface area contributed by atoms with E-state index in [9.17, 15) is 24.0 Å². The number of nitrogens with zero attached hydrogens (tertiary/aromatic N) is 1. The molecule has 224 valence electrons. The van der Waals surface area contributed by atoms with Crippen LogP contribution in [0.2, 0.25) is 0 Å². The molecule has 0 spiro atoms. The molecule has 1 saturated heterocycles. The Kier molecular flexibility index (Phi) is 9.71. The number of carbonyl (C=O) groups excluding carboxylic acids is 5. The van der Waals surface area contributed by atoms with E-state index < -0.39 is 47.4 Å². The molecule has 1 aromatic rings. The number of Topliss-reactive ketones (excluding diaryl/α,β-unsaturated/α-hetero) is 1. The van der Waals surface area contributed by atoms with Gasteiger partial charge in [0.2, 0.25) is 17.6 Å². The third-order valence-corrected chi connectivity index (χ3v) is 8.50. The fourth-order valence-corrected chi connectivity index (χ4v) is 6.55. The van der Waals surface area contributed by atoms with Crippen molar-refractivity contribution in [1.82, 2.24) is 15.5 Å². The van der Waals surface area contributed by atoms with E-state index in [1.807, 2.05) is 24.3 Å². The van der Waals surface area contributed by atoms with Crippen molar-refractivity contribution >= 4 is 29.6 Å². The molecule has 10 nitrogen and oxygen atoms in total. The molecule has 41 heavy (non-hydrogen) atoms. The number of alkyl carbamates (subject to hydrolysis) is 1. The molecule has 10 heteroatoms. The molecule has 1 aliphatic heterocycles. The number of nitrogens with two attached hydrogens (primary N) is 1. The smallest absolute Gasteiger partial charge is 0.408 e. The van der Waals surface area contributed by atoms with Crippen molar-refractivity contribution < 1.29 is 28.7 Å². The van der Waals surface area contributed by atoms with Crippen LogP contribution in [0.4, 0.5) is 4.79 Å². The summed E-state index contributed by atoms with van der Waals surface area (Å²) < 4.78 is 5.48. The number of ketones is 1. The van der Waals surface area contributed by atoms with E-state index >= 15 is 0 Å². The van der Waals surface area contributed by atoms with E-state index in [-0.39, 0.29) is 17.7 Å². The number of rotatable bonds is 9. The second-order valence-electron chi connectivity index (χ2n) is 12.8. The van der Waals surface area contributed by atoms with Crippen molar-refractivity contribution in [2.75, 3.05) is 6.54 Å². The Labute approximate surface area is 242 Å². The number of amides is 4. The summed E-state index contributed by atoms with van der Waals surface area (Å²) in [7, 11) is 0. The number of primary amides is 1. The fourth-order valence-electron chi connectivity index (χ4n) is 6.55. The van der Waals surface area contributed by atoms with E-state index in [4.69, 9.17) is 10.5 Å². The number of fused-ring (bicyclic) bond motifs is 1. The molecule has 1 heterocycles. The lowest BCUT2D eigenvalue weighted by Crippen LogP contribution is -2.58. The van der Waals surface area contributed by atoms with Gasteiger partial charge in [0.05, 0.1) is 6.04 Å². The molecule has 4 amide bonds. The second kappa shape index (κ2) is 13.0. The number of nitrogens with one attached hydrogen (secondary N) is 2. The van der Waals surface area contributed by atoms with Crippen molar-refractivity contribution in [3.05, 3.63) is 35.4 Å². The van der Waals surface area contributed by atoms with Crippen LogP contribution in [0, 0.1) is 11.8 Å². The lowest BCUT2D eigenvalue weighted by atomic mass is 9.84. The predicted molar refractivity (Wildman–Crippen MR) is 153 cm³/mol. The van der Waals surface area contributed by atoms with Gasteiger partial charge in [0, 0.05) is 6.54 Å². The van der Waals surface area contributed by atoms with E-state index in [0.717, 1.165) is 43.2 Å². The lowest BCUT2D eigenvalue weighted by molar-refractivity contribution is -0.143. The van der Waals surface area contributed by atoms with Crippen LogP contribution in [0.25, 0.3) is 0 Å². The van der Waals surface area contributed by atoms with Gasteiger partial charge in [-0.05, 0) is 75.8 Å². The van der Waals surface area contributed by atoms with Gasteiger partial charge in [0.25, 0.3) is 5.91 Å². The maximum absolute atomic E-state index is 14.1. The van der Waals surface area contributed by atoms with Gasteiger partial charge in [-0.1, -0.05) is 56.4 Å². The highest BCUT2D eigenvalue weighted by atomic mass is 16.6. The normalized spacial score (nSPS) is 21.0. The highest BCUT2D eigenvalue weighted by Gasteiger charge is 2.43. The van der Waals surface area contributed by atoms with E-state index in [2.05, 4.69) is 10.6 Å². The summed E-state index contributed by atoms with van der Waals surface area (Å²) >= 11 is 0. The van der Waals surface area contributed by atoms with Crippen LogP contribution < -0.4 is 16.4 Å². The molecule has 1 unspecified atom stereocenters. The molecule has 3 aliphatic rings. The van der Waals surface area contributed by atoms with Gasteiger partial charge in [0.15, 0.2) is 0 Å². The summed E-state index contributed by atoms with van der Waals surface area (Å²) in [5.41, 5.74) is 6.85. The topological polar surface area (TPSA) is 148 Å². The Balaban J connectivity index is 1.51. The van der Waals surface area contributed by atoms with Gasteiger partial charge in [-0.3, -0.25) is 19.2 Å². The maximum Gasteiger partial charge on any atom is 0.408 e. The molecular formula is C31H44N4O6. The number of hydrogen-bond acceptors (Lipinski definition) is 6. The van der Waals surface area contributed by atoms with Crippen molar-refractivity contribution in [3.63, 3.8) is 0 Å². The van der Waals surface area contributed by atoms with Crippen molar-refractivity contribution in [2.24, 2.45) is 17.6 Å². The standard InChI is InChI=1S/C31H44N4O6/c1-31(2,3)41-30(40)34-25(22-17-20-12-7-8-13-21(20)18-22)29(39)35-15-9-14-24(35)28(38)33-23(26(36)27(32)37)16-19-10-5-4-6-11-19/h7-8,12-13,19,22-25H,4-6,9-11,14-18H2,1-3H3,(H2,32,37)(H,33,38)(H,34,40)/t23?,24-,25-/m0/s1. The number of benzene rings is 1. The maximum atomic E-state index is 14.1. The molecule has 1 saturated carbocycles. The Morgan fingerprint density at radius 2 is 1.59 bits per heavy atom. The average molecular weight is 569 g/mol. The quantitative estimate of drug-likeness (QED) is 0.390. The van der Waals surface area contributed by atoms with Crippen LogP contribution in [0.3, 0.4) is 0 Å². The van der Waals surface area contributed by atoms with Gasteiger partial charge in [0.1, 0.15) is 17.7 Å². The molecular weight excluding hydrogens is 524 g/mol. The van der Waals surface area contributed by atoms with Gasteiger partial charge in [-0.25, -0.2) is 4.79 Å². The largest absolute Gasteiger partial charge is 0.444 e. The Bertz CT molecular complexity index is 1130. The zero-order chi connectivity index (χ0) is 29.7. The highest BCUT2D eigenvalue weighted by Crippen LogP contribution is 2.32. The van der Waals surface area contributed by atoms with Gasteiger partial charge >= 0.3 is 6.09 Å². The Morgan fingerprint density at radius 3 is 2.17 bits per heavy atom. The van der Waals surface area contributed by atoms with Crippen LogP contribution in [0.15, 0.2) is 24.3 Å². The van der Waals surface area contributed by atoms with E-state index in [1.54, 1.807) is 20.8 Å². The molecule has 4 N–H and O–H groups in total. The van der Waals surface area contributed by atoms with Gasteiger partial charge < -0.3 is 26.0 Å². The summed E-state index contributed by atoms with van der Waals surface area (Å²) in [6.45, 7) is 5.62. The van der Waals surface area contributed by atoms with E-state index in [1.165, 1.54) is 4.90 Å². The third-order valence-electron chi connectivity index (χ3n) is 8.50. The summed E-state index contributed by atoms with van der Waals surface area (Å²) in [4.78, 5) is 66.4. The zero-order valence-corrected chi connectivity index (χ0v) is 24.4. The summed E-state index contributed by atoms with van der Waals surface area (Å²) in [5, 5.41) is 5.59. The van der Waals surface area contributed by atoms with Crippen LogP contribution in [-0.2, 0) is 36.8 Å². The third kappa shape index (κ3) is 7.86. The van der Waals surface area contributed by atoms with Crippen molar-refractivity contribution in [2.45, 2.75) is 109 Å². The van der Waals surface area contributed by atoms with Crippen LogP contribution in [0.5, 0.6) is 0 Å². The Morgan fingerprint density at radius 1 is 0.951 bits per heavy atom. The number of hydrogen-bond donors (Lipinski definition) is 3. The SMILES string of the molecule is CC(C)(C)OC(=O)N[C@H](C(=O)N1CCC[C@H]1C(=O)NC(CC1CCCCC1)C(=O)C(N)=O)C1Cc2ccccc2C1. The molecule has 4 rings (SSSR count). The first kappa shape index (κ1) is 30.5. The molecule has 2 aliphatic carbocycles. The number of ether oxygens (including phenoxy) is 1. The minimum absolute atomic E-state index is 0.202. The highest BCUT2D eigenvalue weighted by molar-refractivity contribution is 6.37. The van der Waals surface area contributed by atoms with Crippen molar-refractivity contribution in [1.29, 1.82) is 0 Å². The predicted octanol–water partition coefficient (Wildman–Crippen LogP) is 2.80. The van der Waals surface area contributed by atoms with Crippen LogP contribution in [-0.4, -0.2) is 64.8 Å². The molecule has 0 radical (unpaired) electrons. The first-order chi connectivity index (χ1) is 19.4. The van der Waals surface area contributed by atoms with Crippen LogP contribution >= 0.6 is 0 Å². The van der Waals surface area contributed by atoms with Gasteiger partial charge in [-0.15, -0.1) is 0 Å². The van der Waals surface area contributed by atoms with E-state index in [0.29, 0.717) is 38.6 Å². The molecule has 3 atom stereocenters. The minimum atomic E-state index is -1.08. The lowest BCUT2D eigenvalue weighted by Gasteiger charge is -2.33. The zero-order valence-electron chi connectivity index (χ0n) is 24.4. The van der Waals surface area contributed by atoms with Crippen molar-refractivity contribution in [3.8, 4) is 0 Å². The number of likely N-dealkylation sites (tertiary alicyclic amines) is 1. The average Bonchev–Trinajstić information content (AvgIpc) is 3.57. The Hall–Kier alpha value is -3.43. The first-order valence-corrected chi connectivity index (χ1v) is 14.9. The monoisotopic (exact) mass is 568 g/mol. The molecule has 0 aromatic heterocycles. The summed E-state index contributed by atoms with van der Waals surface area (Å²) in [5.74, 6) is -2.69. The molecule has 2 fully saturated rings. The fraction of sp³-hybridized carbons (Fsp3) is 0.645.